The molecule has 1 aliphatic carbocycles. The van der Waals surface area contributed by atoms with Crippen molar-refractivity contribution in [2.75, 3.05) is 13.1 Å². The van der Waals surface area contributed by atoms with Crippen molar-refractivity contribution in [3.8, 4) is 0 Å². The maximum atomic E-state index is 13.2. The fourth-order valence-corrected chi connectivity index (χ4v) is 4.78. The van der Waals surface area contributed by atoms with Crippen molar-refractivity contribution >= 4 is 15.9 Å². The van der Waals surface area contributed by atoms with E-state index in [0.29, 0.717) is 12.5 Å². The lowest BCUT2D eigenvalue weighted by atomic mass is 9.95. The fraction of sp³-hybridized carbons (Fsp3) is 0.632. The standard InChI is InChI=1S/C19H30N2O3S/c1-15(2)13-20-19(22)14-21(17-7-5-4-6-8-17)25(23,24)18-11-9-16(3)10-12-18/h9-12,15,17H,4-8,13-14H2,1-3H3,(H,20,22). The largest absolute Gasteiger partial charge is 0.355 e. The van der Waals surface area contributed by atoms with Gasteiger partial charge in [-0.2, -0.15) is 4.31 Å². The van der Waals surface area contributed by atoms with E-state index in [0.717, 1.165) is 37.7 Å². The minimum Gasteiger partial charge on any atom is -0.355 e. The molecule has 1 N–H and O–H groups in total. The number of nitrogens with zero attached hydrogens (tertiary/aromatic N) is 1. The van der Waals surface area contributed by atoms with Crippen LogP contribution in [0.1, 0.15) is 51.5 Å². The van der Waals surface area contributed by atoms with Crippen molar-refractivity contribution in [1.82, 2.24) is 9.62 Å². The van der Waals surface area contributed by atoms with Gasteiger partial charge in [-0.15, -0.1) is 0 Å². The van der Waals surface area contributed by atoms with E-state index < -0.39 is 10.0 Å². The predicted molar refractivity (Wildman–Crippen MR) is 99.8 cm³/mol. The Labute approximate surface area is 151 Å². The quantitative estimate of drug-likeness (QED) is 0.806. The number of hydrogen-bond donors (Lipinski definition) is 1. The Kier molecular flexibility index (Phi) is 7.02. The highest BCUT2D eigenvalue weighted by atomic mass is 32.2. The number of benzene rings is 1. The molecule has 1 aromatic carbocycles. The van der Waals surface area contributed by atoms with Gasteiger partial charge in [0.15, 0.2) is 0 Å². The van der Waals surface area contributed by atoms with Crippen molar-refractivity contribution in [3.05, 3.63) is 29.8 Å². The van der Waals surface area contributed by atoms with Gasteiger partial charge < -0.3 is 5.32 Å². The predicted octanol–water partition coefficient (Wildman–Crippen LogP) is 3.09. The third-order valence-corrected chi connectivity index (χ3v) is 6.53. The van der Waals surface area contributed by atoms with Crippen LogP contribution in [0.5, 0.6) is 0 Å². The van der Waals surface area contributed by atoms with Crippen LogP contribution in [0.4, 0.5) is 0 Å². The van der Waals surface area contributed by atoms with Crippen molar-refractivity contribution in [3.63, 3.8) is 0 Å². The van der Waals surface area contributed by atoms with Crippen molar-refractivity contribution in [2.45, 2.75) is 63.8 Å². The topological polar surface area (TPSA) is 66.5 Å². The number of aryl methyl sites for hydroxylation is 1. The van der Waals surface area contributed by atoms with Gasteiger partial charge in [0, 0.05) is 12.6 Å². The molecule has 6 heteroatoms. The van der Waals surface area contributed by atoms with Gasteiger partial charge in [0.25, 0.3) is 0 Å². The average molecular weight is 367 g/mol. The molecule has 5 nitrogen and oxygen atoms in total. The molecule has 1 aliphatic rings. The Hall–Kier alpha value is -1.40. The number of carbonyl (C=O) groups excluding carboxylic acids is 1. The third-order valence-electron chi connectivity index (χ3n) is 4.62. The fourth-order valence-electron chi connectivity index (χ4n) is 3.14. The van der Waals surface area contributed by atoms with Gasteiger partial charge >= 0.3 is 0 Å². The minimum absolute atomic E-state index is 0.0927. The first-order chi connectivity index (χ1) is 11.8. The molecule has 0 aromatic heterocycles. The maximum absolute atomic E-state index is 13.2. The zero-order valence-electron chi connectivity index (χ0n) is 15.5. The summed E-state index contributed by atoms with van der Waals surface area (Å²) in [6.45, 7) is 6.41. The second kappa shape index (κ2) is 8.81. The lowest BCUT2D eigenvalue weighted by Crippen LogP contribution is -2.47. The van der Waals surface area contributed by atoms with E-state index in [1.54, 1.807) is 24.3 Å². The van der Waals surface area contributed by atoms with Gasteiger partial charge in [0.1, 0.15) is 0 Å². The number of carbonyl (C=O) groups is 1. The minimum atomic E-state index is -3.68. The number of hydrogen-bond acceptors (Lipinski definition) is 3. The summed E-state index contributed by atoms with van der Waals surface area (Å²) in [5.74, 6) is 0.107. The van der Waals surface area contributed by atoms with Crippen molar-refractivity contribution in [1.29, 1.82) is 0 Å². The van der Waals surface area contributed by atoms with E-state index >= 15 is 0 Å². The van der Waals surface area contributed by atoms with Crippen LogP contribution >= 0.6 is 0 Å². The maximum Gasteiger partial charge on any atom is 0.243 e. The molecule has 0 atom stereocenters. The summed E-state index contributed by atoms with van der Waals surface area (Å²) in [6.07, 6.45) is 4.80. The van der Waals surface area contributed by atoms with Crippen LogP contribution in [-0.2, 0) is 14.8 Å². The summed E-state index contributed by atoms with van der Waals surface area (Å²) >= 11 is 0. The van der Waals surface area contributed by atoms with E-state index in [2.05, 4.69) is 5.32 Å². The molecule has 0 spiro atoms. The molecule has 0 unspecified atom stereocenters. The first-order valence-corrected chi connectivity index (χ1v) is 10.6. The van der Waals surface area contributed by atoms with E-state index in [-0.39, 0.29) is 23.4 Å². The van der Waals surface area contributed by atoms with Crippen LogP contribution in [0, 0.1) is 12.8 Å². The summed E-state index contributed by atoms with van der Waals surface area (Å²) in [5.41, 5.74) is 1.01. The molecule has 1 aromatic rings. The normalized spacial score (nSPS) is 16.4. The van der Waals surface area contributed by atoms with Crippen molar-refractivity contribution in [2.24, 2.45) is 5.92 Å². The Balaban J connectivity index is 2.23. The molecule has 1 amide bonds. The first kappa shape index (κ1) is 19.9. The summed E-state index contributed by atoms with van der Waals surface area (Å²) in [6, 6.07) is 6.76. The van der Waals surface area contributed by atoms with Crippen LogP contribution in [0.15, 0.2) is 29.2 Å². The van der Waals surface area contributed by atoms with Crippen LogP contribution in [-0.4, -0.2) is 37.8 Å². The molecule has 1 fully saturated rings. The van der Waals surface area contributed by atoms with E-state index in [4.69, 9.17) is 0 Å². The highest BCUT2D eigenvalue weighted by Crippen LogP contribution is 2.27. The smallest absolute Gasteiger partial charge is 0.243 e. The molecule has 140 valence electrons. The third kappa shape index (κ3) is 5.54. The second-order valence-electron chi connectivity index (χ2n) is 7.35. The Morgan fingerprint density at radius 3 is 2.32 bits per heavy atom. The molecule has 0 radical (unpaired) electrons. The van der Waals surface area contributed by atoms with Gasteiger partial charge in [-0.3, -0.25) is 4.79 Å². The summed E-state index contributed by atoms with van der Waals surface area (Å²) in [5, 5.41) is 2.84. The van der Waals surface area contributed by atoms with E-state index in [1.807, 2.05) is 20.8 Å². The summed E-state index contributed by atoms with van der Waals surface area (Å²) in [4.78, 5) is 12.6. The van der Waals surface area contributed by atoms with Gasteiger partial charge in [-0.1, -0.05) is 50.8 Å². The van der Waals surface area contributed by atoms with Crippen LogP contribution < -0.4 is 5.32 Å². The number of sulfonamides is 1. The molecular formula is C19H30N2O3S. The monoisotopic (exact) mass is 366 g/mol. The zero-order valence-corrected chi connectivity index (χ0v) is 16.3. The van der Waals surface area contributed by atoms with Crippen molar-refractivity contribution < 1.29 is 13.2 Å². The van der Waals surface area contributed by atoms with Gasteiger partial charge in [-0.25, -0.2) is 8.42 Å². The molecule has 0 aliphatic heterocycles. The Morgan fingerprint density at radius 1 is 1.16 bits per heavy atom. The second-order valence-corrected chi connectivity index (χ2v) is 9.24. The average Bonchev–Trinajstić information content (AvgIpc) is 2.59. The highest BCUT2D eigenvalue weighted by molar-refractivity contribution is 7.89. The molecule has 0 bridgehead atoms. The van der Waals surface area contributed by atoms with Gasteiger partial charge in [0.2, 0.25) is 15.9 Å². The van der Waals surface area contributed by atoms with Gasteiger partial charge in [0.05, 0.1) is 11.4 Å². The number of amides is 1. The molecule has 1 saturated carbocycles. The molecule has 2 rings (SSSR count). The Morgan fingerprint density at radius 2 is 1.76 bits per heavy atom. The molecular weight excluding hydrogens is 336 g/mol. The Bertz CT molecular complexity index is 662. The summed E-state index contributed by atoms with van der Waals surface area (Å²) < 4.78 is 27.7. The first-order valence-electron chi connectivity index (χ1n) is 9.16. The van der Waals surface area contributed by atoms with Crippen LogP contribution in [0.2, 0.25) is 0 Å². The summed E-state index contributed by atoms with van der Waals surface area (Å²) in [7, 11) is -3.68. The highest BCUT2D eigenvalue weighted by Gasteiger charge is 2.33. The van der Waals surface area contributed by atoms with Crippen LogP contribution in [0.3, 0.4) is 0 Å². The lowest BCUT2D eigenvalue weighted by Gasteiger charge is -2.33. The molecule has 0 saturated heterocycles. The number of nitrogens with one attached hydrogen (secondary N) is 1. The number of rotatable bonds is 7. The van der Waals surface area contributed by atoms with E-state index in [9.17, 15) is 13.2 Å². The zero-order chi connectivity index (χ0) is 18.4. The molecule has 0 heterocycles. The van der Waals surface area contributed by atoms with Gasteiger partial charge in [-0.05, 0) is 37.8 Å². The van der Waals surface area contributed by atoms with E-state index in [1.165, 1.54) is 4.31 Å². The molecule has 25 heavy (non-hydrogen) atoms. The lowest BCUT2D eigenvalue weighted by molar-refractivity contribution is -0.121. The van der Waals surface area contributed by atoms with Crippen LogP contribution in [0.25, 0.3) is 0 Å². The SMILES string of the molecule is Cc1ccc(S(=O)(=O)N(CC(=O)NCC(C)C)C2CCCCC2)cc1.